The molecule has 0 saturated heterocycles. The lowest BCUT2D eigenvalue weighted by molar-refractivity contribution is 0.357. The van der Waals surface area contributed by atoms with Crippen molar-refractivity contribution in [1.29, 1.82) is 0 Å². The zero-order valence-corrected chi connectivity index (χ0v) is 23.6. The average Bonchev–Trinajstić information content (AvgIpc) is 3.60. The zero-order valence-electron chi connectivity index (χ0n) is 22.8. The molecule has 0 bridgehead atoms. The number of nitrogens with zero attached hydrogens (tertiary/aromatic N) is 1. The van der Waals surface area contributed by atoms with Crippen LogP contribution in [0.15, 0.2) is 115 Å². The van der Waals surface area contributed by atoms with E-state index in [4.69, 9.17) is 0 Å². The van der Waals surface area contributed by atoms with Crippen molar-refractivity contribution in [3.05, 3.63) is 142 Å². The number of nitrogens with one attached hydrogen (secondary N) is 2. The number of allylic oxidation sites excluding steroid dienone is 5. The predicted octanol–water partition coefficient (Wildman–Crippen LogP) is 10.0. The molecule has 41 heavy (non-hydrogen) atoms. The van der Waals surface area contributed by atoms with Crippen molar-refractivity contribution in [3.63, 3.8) is 0 Å². The summed E-state index contributed by atoms with van der Waals surface area (Å²) in [4.78, 5) is 1.42. The van der Waals surface area contributed by atoms with E-state index >= 15 is 0 Å². The highest BCUT2D eigenvalue weighted by Crippen LogP contribution is 2.46. The summed E-state index contributed by atoms with van der Waals surface area (Å²) in [6, 6.07) is 32.9. The standard InChI is InChI=1S/C37H31N3S/c1-3-12-25(13-4-1)27-16-11-17-28(24-27)36-31-19-7-9-20-32(31)38-40(36)39-33-23-22-30-29-18-8-10-21-34(29)41-37(30)35(33)26-14-5-2-6-15-26/h1-5,7,9-14,16-17,19-24,36,38-39H,6,8,15,18H2. The van der Waals surface area contributed by atoms with Crippen LogP contribution in [0.3, 0.4) is 0 Å². The van der Waals surface area contributed by atoms with E-state index in [1.54, 1.807) is 0 Å². The van der Waals surface area contributed by atoms with Crippen molar-refractivity contribution in [2.45, 2.75) is 31.7 Å². The molecule has 2 N–H and O–H groups in total. The molecule has 0 saturated carbocycles. The van der Waals surface area contributed by atoms with Crippen LogP contribution in [-0.4, -0.2) is 5.12 Å². The Kier molecular flexibility index (Phi) is 6.09. The Morgan fingerprint density at radius 2 is 1.66 bits per heavy atom. The van der Waals surface area contributed by atoms with Gasteiger partial charge in [-0.1, -0.05) is 97.1 Å². The number of hydrogen-bond donors (Lipinski definition) is 2. The van der Waals surface area contributed by atoms with Crippen LogP contribution in [0.25, 0.3) is 32.9 Å². The highest BCUT2D eigenvalue weighted by atomic mass is 32.1. The lowest BCUT2D eigenvalue weighted by Gasteiger charge is -2.28. The molecular weight excluding hydrogens is 518 g/mol. The maximum absolute atomic E-state index is 3.88. The first kappa shape index (κ1) is 24.4. The van der Waals surface area contributed by atoms with Crippen LogP contribution in [0.1, 0.15) is 52.4 Å². The normalized spacial score (nSPS) is 17.7. The average molecular weight is 550 g/mol. The summed E-state index contributed by atoms with van der Waals surface area (Å²) in [6.45, 7) is 0. The van der Waals surface area contributed by atoms with Gasteiger partial charge in [-0.3, -0.25) is 5.43 Å². The number of anilines is 2. The van der Waals surface area contributed by atoms with Gasteiger partial charge in [-0.2, -0.15) is 0 Å². The monoisotopic (exact) mass is 549 g/mol. The Hall–Kier alpha value is -4.38. The summed E-state index contributed by atoms with van der Waals surface area (Å²) in [5.41, 5.74) is 19.1. The van der Waals surface area contributed by atoms with Gasteiger partial charge in [0, 0.05) is 20.7 Å². The van der Waals surface area contributed by atoms with Gasteiger partial charge < -0.3 is 5.43 Å². The van der Waals surface area contributed by atoms with Crippen LogP contribution < -0.4 is 10.9 Å². The molecule has 4 aromatic carbocycles. The van der Waals surface area contributed by atoms with Crippen LogP contribution in [0.2, 0.25) is 0 Å². The number of hydrogen-bond acceptors (Lipinski definition) is 4. The first-order valence-electron chi connectivity index (χ1n) is 14.5. The number of thiophene rings is 1. The zero-order chi connectivity index (χ0) is 27.2. The predicted molar refractivity (Wildman–Crippen MR) is 175 cm³/mol. The number of rotatable bonds is 5. The van der Waals surface area contributed by atoms with E-state index in [-0.39, 0.29) is 6.04 Å². The van der Waals surface area contributed by atoms with Gasteiger partial charge in [0.1, 0.15) is 6.04 Å². The fourth-order valence-corrected chi connectivity index (χ4v) is 7.87. The third kappa shape index (κ3) is 4.31. The van der Waals surface area contributed by atoms with E-state index in [1.165, 1.54) is 53.9 Å². The second-order valence-corrected chi connectivity index (χ2v) is 12.0. The van der Waals surface area contributed by atoms with Crippen LogP contribution in [0.4, 0.5) is 11.4 Å². The topological polar surface area (TPSA) is 27.3 Å². The van der Waals surface area contributed by atoms with Crippen LogP contribution in [-0.2, 0) is 6.42 Å². The van der Waals surface area contributed by atoms with Crippen molar-refractivity contribution in [3.8, 4) is 11.1 Å². The molecule has 3 aliphatic rings. The van der Waals surface area contributed by atoms with Crippen molar-refractivity contribution < 1.29 is 0 Å². The van der Waals surface area contributed by atoms with Crippen molar-refractivity contribution in [2.75, 3.05) is 10.9 Å². The molecule has 2 aliphatic carbocycles. The molecule has 8 rings (SSSR count). The minimum atomic E-state index is 0.0121. The Morgan fingerprint density at radius 3 is 2.56 bits per heavy atom. The number of aryl methyl sites for hydroxylation is 1. The number of benzene rings is 4. The van der Waals surface area contributed by atoms with Gasteiger partial charge in [0.2, 0.25) is 0 Å². The largest absolute Gasteiger partial charge is 0.300 e. The van der Waals surface area contributed by atoms with Gasteiger partial charge in [-0.05, 0) is 83.2 Å². The van der Waals surface area contributed by atoms with Crippen LogP contribution >= 0.6 is 11.3 Å². The van der Waals surface area contributed by atoms with Gasteiger partial charge in [0.05, 0.1) is 11.4 Å². The second kappa shape index (κ2) is 10.2. The maximum Gasteiger partial charge on any atom is 0.102 e. The Bertz CT molecular complexity index is 1860. The summed E-state index contributed by atoms with van der Waals surface area (Å²) in [6.07, 6.45) is 15.8. The van der Waals surface area contributed by atoms with E-state index in [1.807, 2.05) is 11.3 Å². The summed E-state index contributed by atoms with van der Waals surface area (Å²) in [7, 11) is 0. The molecule has 1 unspecified atom stereocenters. The van der Waals surface area contributed by atoms with E-state index in [0.717, 1.165) is 37.1 Å². The van der Waals surface area contributed by atoms with E-state index < -0.39 is 0 Å². The van der Waals surface area contributed by atoms with Crippen LogP contribution in [0, 0.1) is 0 Å². The third-order valence-electron chi connectivity index (χ3n) is 8.46. The van der Waals surface area contributed by atoms with Gasteiger partial charge in [-0.15, -0.1) is 16.5 Å². The molecule has 1 aliphatic heterocycles. The highest BCUT2D eigenvalue weighted by molar-refractivity contribution is 7.20. The molecule has 4 heteroatoms. The molecule has 2 heterocycles. The molecule has 200 valence electrons. The van der Waals surface area contributed by atoms with Crippen molar-refractivity contribution in [2.24, 2.45) is 0 Å². The second-order valence-electron chi connectivity index (χ2n) is 11.0. The van der Waals surface area contributed by atoms with Crippen molar-refractivity contribution >= 4 is 44.4 Å². The molecule has 3 nitrogen and oxygen atoms in total. The fraction of sp³-hybridized carbons (Fsp3) is 0.135. The number of fused-ring (bicyclic) bond motifs is 4. The molecule has 0 amide bonds. The molecule has 1 atom stereocenters. The first-order chi connectivity index (χ1) is 20.3. The molecule has 0 radical (unpaired) electrons. The maximum atomic E-state index is 3.88. The molecular formula is C37H31N3S. The lowest BCUT2D eigenvalue weighted by Crippen LogP contribution is -2.34. The van der Waals surface area contributed by atoms with E-state index in [9.17, 15) is 0 Å². The smallest absolute Gasteiger partial charge is 0.102 e. The summed E-state index contributed by atoms with van der Waals surface area (Å²) >= 11 is 1.95. The number of para-hydroxylation sites is 1. The van der Waals surface area contributed by atoms with Crippen LogP contribution in [0.5, 0.6) is 0 Å². The highest BCUT2D eigenvalue weighted by Gasteiger charge is 2.33. The molecule has 0 spiro atoms. The minimum absolute atomic E-state index is 0.0121. The first-order valence-corrected chi connectivity index (χ1v) is 15.3. The molecule has 5 aromatic rings. The van der Waals surface area contributed by atoms with E-state index in [0.29, 0.717) is 0 Å². The minimum Gasteiger partial charge on any atom is -0.300 e. The number of hydrazine groups is 2. The Balaban J connectivity index is 1.24. The Morgan fingerprint density at radius 1 is 0.805 bits per heavy atom. The quantitative estimate of drug-likeness (QED) is 0.228. The summed E-state index contributed by atoms with van der Waals surface area (Å²) < 4.78 is 1.40. The van der Waals surface area contributed by atoms with E-state index in [2.05, 4.69) is 137 Å². The van der Waals surface area contributed by atoms with Gasteiger partial charge in [0.25, 0.3) is 0 Å². The summed E-state index contributed by atoms with van der Waals surface area (Å²) in [5.74, 6) is 0. The summed E-state index contributed by atoms with van der Waals surface area (Å²) in [5, 5.41) is 3.61. The lowest BCUT2D eigenvalue weighted by atomic mass is 9.93. The Labute approximate surface area is 245 Å². The van der Waals surface area contributed by atoms with Gasteiger partial charge in [0.15, 0.2) is 0 Å². The third-order valence-corrected chi connectivity index (χ3v) is 9.69. The SMILES string of the molecule is C1=CCCC(c2c(NN3Nc4ccccc4C3c3cccc(-c4ccccc4)c3)ccc3c4c(sc23)C=CCC4)=C1. The van der Waals surface area contributed by atoms with Crippen molar-refractivity contribution in [1.82, 2.24) is 5.12 Å². The molecule has 0 fully saturated rings. The van der Waals surface area contributed by atoms with Gasteiger partial charge in [-0.25, -0.2) is 0 Å². The molecule has 1 aromatic heterocycles. The fourth-order valence-electron chi connectivity index (χ4n) is 6.50. The van der Waals surface area contributed by atoms with Gasteiger partial charge >= 0.3 is 0 Å².